The predicted octanol–water partition coefficient (Wildman–Crippen LogP) is 2.55. The highest BCUT2D eigenvalue weighted by atomic mass is 35.5. The van der Waals surface area contributed by atoms with E-state index in [1.54, 1.807) is 36.4 Å². The summed E-state index contributed by atoms with van der Waals surface area (Å²) in [6.45, 7) is 0. The standard InChI is InChI=1S/C23H18ClFN4O4/c24-12-4-6-13(7-5-12)27-22(32)19-18(21(26)31)20(19)23(33)28-16-9-8-14(11-15(16)25)29-10-2-1-3-17(29)30/h1-11,18-20H,(H2,26,31)(H,27,32)(H,28,33)/t18-,19-,20+/m0/s1. The van der Waals surface area contributed by atoms with E-state index in [2.05, 4.69) is 10.6 Å². The Hall–Kier alpha value is -3.98. The first-order chi connectivity index (χ1) is 15.8. The van der Waals surface area contributed by atoms with Crippen LogP contribution >= 0.6 is 11.6 Å². The Labute approximate surface area is 192 Å². The molecule has 8 nitrogen and oxygen atoms in total. The van der Waals surface area contributed by atoms with Gasteiger partial charge in [-0.3, -0.25) is 23.7 Å². The molecule has 1 heterocycles. The van der Waals surface area contributed by atoms with E-state index in [0.717, 1.165) is 6.07 Å². The number of benzene rings is 2. The number of hydrogen-bond donors (Lipinski definition) is 3. The summed E-state index contributed by atoms with van der Waals surface area (Å²) in [5, 5.41) is 5.50. The minimum atomic E-state index is -1.04. The molecule has 3 aromatic rings. The molecule has 4 N–H and O–H groups in total. The molecule has 0 bridgehead atoms. The summed E-state index contributed by atoms with van der Waals surface area (Å²) in [4.78, 5) is 49.0. The molecular formula is C23H18ClFN4O4. The number of carbonyl (C=O) groups is 3. The molecule has 0 saturated heterocycles. The Morgan fingerprint density at radius 3 is 2.18 bits per heavy atom. The van der Waals surface area contributed by atoms with Crippen LogP contribution in [0, 0.1) is 23.6 Å². The Morgan fingerprint density at radius 2 is 1.58 bits per heavy atom. The van der Waals surface area contributed by atoms with Crippen molar-refractivity contribution in [2.24, 2.45) is 23.5 Å². The largest absolute Gasteiger partial charge is 0.369 e. The van der Waals surface area contributed by atoms with E-state index in [4.69, 9.17) is 17.3 Å². The fourth-order valence-electron chi connectivity index (χ4n) is 3.69. The topological polar surface area (TPSA) is 123 Å². The monoisotopic (exact) mass is 468 g/mol. The first kappa shape index (κ1) is 22.2. The van der Waals surface area contributed by atoms with Gasteiger partial charge in [0.1, 0.15) is 5.82 Å². The first-order valence-electron chi connectivity index (χ1n) is 9.90. The average molecular weight is 469 g/mol. The lowest BCUT2D eigenvalue weighted by molar-refractivity contribution is -0.123. The second-order valence-electron chi connectivity index (χ2n) is 7.54. The fraction of sp³-hybridized carbons (Fsp3) is 0.130. The number of primary amides is 1. The van der Waals surface area contributed by atoms with E-state index in [0.29, 0.717) is 10.7 Å². The molecule has 0 unspecified atom stereocenters. The summed E-state index contributed by atoms with van der Waals surface area (Å²) >= 11 is 5.82. The number of nitrogens with zero attached hydrogens (tertiary/aromatic N) is 1. The quantitative estimate of drug-likeness (QED) is 0.514. The molecule has 0 radical (unpaired) electrons. The minimum absolute atomic E-state index is 0.153. The summed E-state index contributed by atoms with van der Waals surface area (Å²) in [6.07, 6.45) is 1.49. The maximum absolute atomic E-state index is 14.6. The highest BCUT2D eigenvalue weighted by Gasteiger charge is 2.62. The lowest BCUT2D eigenvalue weighted by Crippen LogP contribution is -2.21. The molecule has 1 aliphatic carbocycles. The Bertz CT molecular complexity index is 1310. The number of aromatic nitrogens is 1. The van der Waals surface area contributed by atoms with E-state index in [1.807, 2.05) is 0 Å². The number of rotatable bonds is 6. The zero-order valence-corrected chi connectivity index (χ0v) is 17.8. The molecule has 2 aromatic carbocycles. The van der Waals surface area contributed by atoms with Crippen LogP contribution in [0.4, 0.5) is 15.8 Å². The zero-order valence-electron chi connectivity index (χ0n) is 17.0. The SMILES string of the molecule is NC(=O)[C@@H]1[C@@H](C(=O)Nc2ccc(-n3ccccc3=O)cc2F)[C@H]1C(=O)Nc1ccc(Cl)cc1. The van der Waals surface area contributed by atoms with Crippen LogP contribution in [-0.4, -0.2) is 22.3 Å². The van der Waals surface area contributed by atoms with Crippen LogP contribution in [0.3, 0.4) is 0 Å². The number of amides is 3. The maximum atomic E-state index is 14.6. The van der Waals surface area contributed by atoms with Gasteiger partial charge < -0.3 is 16.4 Å². The molecule has 0 spiro atoms. The lowest BCUT2D eigenvalue weighted by Gasteiger charge is -2.10. The number of nitrogens with one attached hydrogen (secondary N) is 2. The molecule has 1 aromatic heterocycles. The predicted molar refractivity (Wildman–Crippen MR) is 120 cm³/mol. The summed E-state index contributed by atoms with van der Waals surface area (Å²) in [5.74, 6) is -5.88. The van der Waals surface area contributed by atoms with E-state index in [-0.39, 0.29) is 16.9 Å². The van der Waals surface area contributed by atoms with Crippen molar-refractivity contribution in [1.29, 1.82) is 0 Å². The van der Waals surface area contributed by atoms with Crippen LogP contribution in [0.2, 0.25) is 5.02 Å². The molecule has 3 atom stereocenters. The van der Waals surface area contributed by atoms with Crippen molar-refractivity contribution in [3.8, 4) is 5.69 Å². The molecule has 33 heavy (non-hydrogen) atoms. The second kappa shape index (κ2) is 8.87. The number of pyridine rings is 1. The van der Waals surface area contributed by atoms with Gasteiger partial charge in [0.2, 0.25) is 17.7 Å². The molecule has 168 valence electrons. The van der Waals surface area contributed by atoms with Crippen molar-refractivity contribution in [2.45, 2.75) is 0 Å². The van der Waals surface area contributed by atoms with Gasteiger partial charge >= 0.3 is 0 Å². The molecule has 10 heteroatoms. The summed E-state index contributed by atoms with van der Waals surface area (Å²) in [6, 6.07) is 14.7. The third-order valence-electron chi connectivity index (χ3n) is 5.38. The van der Waals surface area contributed by atoms with Crippen LogP contribution in [-0.2, 0) is 14.4 Å². The summed E-state index contributed by atoms with van der Waals surface area (Å²) in [5.41, 5.74) is 5.59. The highest BCUT2D eigenvalue weighted by molar-refractivity contribution is 6.30. The first-order valence-corrected chi connectivity index (χ1v) is 10.3. The van der Waals surface area contributed by atoms with Crippen LogP contribution in [0.25, 0.3) is 5.69 Å². The number of halogens is 2. The van der Waals surface area contributed by atoms with Crippen molar-refractivity contribution < 1.29 is 18.8 Å². The van der Waals surface area contributed by atoms with E-state index in [9.17, 15) is 23.6 Å². The van der Waals surface area contributed by atoms with E-state index < -0.39 is 41.3 Å². The van der Waals surface area contributed by atoms with Crippen LogP contribution in [0.1, 0.15) is 0 Å². The van der Waals surface area contributed by atoms with Gasteiger partial charge in [-0.2, -0.15) is 0 Å². The van der Waals surface area contributed by atoms with Crippen molar-refractivity contribution in [2.75, 3.05) is 10.6 Å². The van der Waals surface area contributed by atoms with Crippen LogP contribution < -0.4 is 21.9 Å². The molecule has 1 aliphatic rings. The minimum Gasteiger partial charge on any atom is -0.369 e. The van der Waals surface area contributed by atoms with Gasteiger partial charge in [-0.1, -0.05) is 17.7 Å². The lowest BCUT2D eigenvalue weighted by atomic mass is 10.2. The van der Waals surface area contributed by atoms with Crippen molar-refractivity contribution in [1.82, 2.24) is 4.57 Å². The molecule has 1 saturated carbocycles. The van der Waals surface area contributed by atoms with Gasteiger partial charge in [-0.15, -0.1) is 0 Å². The number of anilines is 2. The van der Waals surface area contributed by atoms with Gasteiger partial charge in [0.15, 0.2) is 0 Å². The number of hydrogen-bond acceptors (Lipinski definition) is 4. The van der Waals surface area contributed by atoms with Gasteiger partial charge in [-0.05, 0) is 42.5 Å². The number of carbonyl (C=O) groups excluding carboxylic acids is 3. The Balaban J connectivity index is 1.48. The van der Waals surface area contributed by atoms with Crippen molar-refractivity contribution >= 4 is 40.7 Å². The third kappa shape index (κ3) is 4.63. The molecule has 0 aliphatic heterocycles. The van der Waals surface area contributed by atoms with Crippen LogP contribution in [0.15, 0.2) is 71.7 Å². The van der Waals surface area contributed by atoms with Crippen molar-refractivity contribution in [3.05, 3.63) is 88.1 Å². The normalized spacial score (nSPS) is 18.9. The smallest absolute Gasteiger partial charge is 0.255 e. The summed E-state index contributed by atoms with van der Waals surface area (Å²) in [7, 11) is 0. The van der Waals surface area contributed by atoms with E-state index in [1.165, 1.54) is 29.0 Å². The molecule has 3 amide bonds. The van der Waals surface area contributed by atoms with E-state index >= 15 is 0 Å². The van der Waals surface area contributed by atoms with Crippen LogP contribution in [0.5, 0.6) is 0 Å². The molecule has 4 rings (SSSR count). The second-order valence-corrected chi connectivity index (χ2v) is 7.97. The molecule has 1 fully saturated rings. The zero-order chi connectivity index (χ0) is 23.7. The summed E-state index contributed by atoms with van der Waals surface area (Å²) < 4.78 is 15.9. The van der Waals surface area contributed by atoms with Gasteiger partial charge in [0.05, 0.1) is 29.1 Å². The number of nitrogens with two attached hydrogens (primary N) is 1. The van der Waals surface area contributed by atoms with Crippen molar-refractivity contribution in [3.63, 3.8) is 0 Å². The Morgan fingerprint density at radius 1 is 0.909 bits per heavy atom. The Kier molecular flexibility index (Phi) is 5.97. The molecular weight excluding hydrogens is 451 g/mol. The fourth-order valence-corrected chi connectivity index (χ4v) is 3.81. The van der Waals surface area contributed by atoms with Gasteiger partial charge in [0, 0.05) is 29.0 Å². The highest BCUT2D eigenvalue weighted by Crippen LogP contribution is 2.47. The maximum Gasteiger partial charge on any atom is 0.255 e. The average Bonchev–Trinajstić information content (AvgIpc) is 3.54. The third-order valence-corrected chi connectivity index (χ3v) is 5.63. The van der Waals surface area contributed by atoms with Gasteiger partial charge in [-0.25, -0.2) is 4.39 Å². The van der Waals surface area contributed by atoms with Gasteiger partial charge in [0.25, 0.3) is 5.56 Å².